The first-order valence-electron chi connectivity index (χ1n) is 9.17. The van der Waals surface area contributed by atoms with Gasteiger partial charge in [-0.25, -0.2) is 0 Å². The van der Waals surface area contributed by atoms with Gasteiger partial charge in [-0.1, -0.05) is 30.3 Å². The fourth-order valence-electron chi connectivity index (χ4n) is 2.49. The summed E-state index contributed by atoms with van der Waals surface area (Å²) in [5.41, 5.74) is 1.06. The number of carbonyl (C=O) groups is 2. The topological polar surface area (TPSA) is 76.7 Å². The first kappa shape index (κ1) is 21.3. The lowest BCUT2D eigenvalue weighted by molar-refractivity contribution is -0.124. The molecule has 150 valence electrons. The minimum Gasteiger partial charge on any atom is -0.493 e. The molecule has 6 nitrogen and oxygen atoms in total. The number of amides is 2. The van der Waals surface area contributed by atoms with E-state index in [1.807, 2.05) is 51.1 Å². The van der Waals surface area contributed by atoms with Crippen LogP contribution in [0.3, 0.4) is 0 Å². The first-order chi connectivity index (χ1) is 13.2. The van der Waals surface area contributed by atoms with Gasteiger partial charge in [-0.05, 0) is 51.5 Å². The summed E-state index contributed by atoms with van der Waals surface area (Å²) < 4.78 is 11.2. The van der Waals surface area contributed by atoms with E-state index < -0.39 is 6.04 Å². The second-order valence-electron chi connectivity index (χ2n) is 7.57. The lowest BCUT2D eigenvalue weighted by Gasteiger charge is -2.23. The molecular weight excluding hydrogens is 356 g/mol. The second-order valence-corrected chi connectivity index (χ2v) is 7.57. The van der Waals surface area contributed by atoms with Crippen LogP contribution in [0.1, 0.15) is 43.6 Å². The van der Waals surface area contributed by atoms with E-state index >= 15 is 0 Å². The number of hydrogen-bond acceptors (Lipinski definition) is 4. The highest BCUT2D eigenvalue weighted by molar-refractivity contribution is 5.98. The molecular formula is C22H28N2O4. The Morgan fingerprint density at radius 1 is 1.04 bits per heavy atom. The number of hydrogen-bond donors (Lipinski definition) is 2. The highest BCUT2D eigenvalue weighted by atomic mass is 16.5. The zero-order valence-electron chi connectivity index (χ0n) is 17.0. The van der Waals surface area contributed by atoms with Crippen LogP contribution < -0.4 is 20.1 Å². The van der Waals surface area contributed by atoms with Gasteiger partial charge >= 0.3 is 0 Å². The number of rotatable bonds is 7. The molecule has 2 aromatic carbocycles. The van der Waals surface area contributed by atoms with Crippen LogP contribution in [0.4, 0.5) is 0 Å². The molecule has 0 aliphatic heterocycles. The van der Waals surface area contributed by atoms with Gasteiger partial charge in [-0.15, -0.1) is 0 Å². The van der Waals surface area contributed by atoms with Crippen molar-refractivity contribution < 1.29 is 19.1 Å². The van der Waals surface area contributed by atoms with Crippen molar-refractivity contribution in [2.45, 2.75) is 45.9 Å². The van der Waals surface area contributed by atoms with E-state index in [1.165, 1.54) is 7.11 Å². The van der Waals surface area contributed by atoms with Crippen molar-refractivity contribution in [3.63, 3.8) is 0 Å². The van der Waals surface area contributed by atoms with Crippen LogP contribution in [0, 0.1) is 0 Å². The highest BCUT2D eigenvalue weighted by Crippen LogP contribution is 2.29. The third kappa shape index (κ3) is 6.30. The van der Waals surface area contributed by atoms with Crippen LogP contribution in [0.15, 0.2) is 48.5 Å². The molecule has 0 fully saturated rings. The maximum Gasteiger partial charge on any atom is 0.252 e. The van der Waals surface area contributed by atoms with Gasteiger partial charge in [0.25, 0.3) is 5.91 Å². The smallest absolute Gasteiger partial charge is 0.252 e. The van der Waals surface area contributed by atoms with Crippen molar-refractivity contribution in [3.8, 4) is 11.5 Å². The fourth-order valence-corrected chi connectivity index (χ4v) is 2.49. The SMILES string of the molecule is COc1cc(C(=O)NC(C)C(=O)NC(C)(C)C)ccc1OCc1ccccc1. The molecule has 1 unspecified atom stereocenters. The predicted molar refractivity (Wildman–Crippen MR) is 109 cm³/mol. The molecule has 0 bridgehead atoms. The van der Waals surface area contributed by atoms with Crippen LogP contribution in [0.25, 0.3) is 0 Å². The second kappa shape index (κ2) is 9.26. The lowest BCUT2D eigenvalue weighted by atomic mass is 10.1. The predicted octanol–water partition coefficient (Wildman–Crippen LogP) is 3.31. The molecule has 2 N–H and O–H groups in total. The number of carbonyl (C=O) groups excluding carboxylic acids is 2. The van der Waals surface area contributed by atoms with Crippen LogP contribution in [-0.4, -0.2) is 30.5 Å². The summed E-state index contributed by atoms with van der Waals surface area (Å²) in [6, 6.07) is 14.1. The Hall–Kier alpha value is -3.02. The van der Waals surface area contributed by atoms with E-state index in [0.717, 1.165) is 5.56 Å². The molecule has 0 saturated heterocycles. The van der Waals surface area contributed by atoms with Gasteiger partial charge in [0.2, 0.25) is 5.91 Å². The van der Waals surface area contributed by atoms with Gasteiger partial charge in [0.05, 0.1) is 7.11 Å². The number of nitrogens with one attached hydrogen (secondary N) is 2. The summed E-state index contributed by atoms with van der Waals surface area (Å²) in [6.07, 6.45) is 0. The normalized spacial score (nSPS) is 12.0. The van der Waals surface area contributed by atoms with E-state index in [4.69, 9.17) is 9.47 Å². The van der Waals surface area contributed by atoms with Crippen molar-refractivity contribution in [1.82, 2.24) is 10.6 Å². The molecule has 2 amide bonds. The average molecular weight is 384 g/mol. The average Bonchev–Trinajstić information content (AvgIpc) is 2.65. The van der Waals surface area contributed by atoms with Crippen molar-refractivity contribution in [3.05, 3.63) is 59.7 Å². The van der Waals surface area contributed by atoms with Gasteiger partial charge < -0.3 is 20.1 Å². The molecule has 0 saturated carbocycles. The quantitative estimate of drug-likeness (QED) is 0.768. The van der Waals surface area contributed by atoms with Gasteiger partial charge in [0.1, 0.15) is 12.6 Å². The zero-order valence-corrected chi connectivity index (χ0v) is 17.0. The molecule has 0 heterocycles. The Bertz CT molecular complexity index is 813. The number of benzene rings is 2. The largest absolute Gasteiger partial charge is 0.493 e. The van der Waals surface area contributed by atoms with Crippen LogP contribution in [0.5, 0.6) is 11.5 Å². The van der Waals surface area contributed by atoms with Gasteiger partial charge in [-0.2, -0.15) is 0 Å². The Balaban J connectivity index is 2.03. The third-order valence-electron chi connectivity index (χ3n) is 3.90. The highest BCUT2D eigenvalue weighted by Gasteiger charge is 2.21. The molecule has 0 spiro atoms. The van der Waals surface area contributed by atoms with E-state index in [2.05, 4.69) is 10.6 Å². The summed E-state index contributed by atoms with van der Waals surface area (Å²) in [6.45, 7) is 7.70. The Labute approximate surface area is 166 Å². The summed E-state index contributed by atoms with van der Waals surface area (Å²) in [5.74, 6) is 0.400. The van der Waals surface area contributed by atoms with Gasteiger partial charge in [-0.3, -0.25) is 9.59 Å². The molecule has 0 aliphatic rings. The molecule has 0 aromatic heterocycles. The minimum atomic E-state index is -0.660. The van der Waals surface area contributed by atoms with E-state index in [9.17, 15) is 9.59 Å². The number of ether oxygens (including phenoxy) is 2. The van der Waals surface area contributed by atoms with Crippen molar-refractivity contribution in [2.75, 3.05) is 7.11 Å². The Kier molecular flexibility index (Phi) is 7.04. The Morgan fingerprint density at radius 3 is 2.32 bits per heavy atom. The van der Waals surface area contributed by atoms with Gasteiger partial charge in [0.15, 0.2) is 11.5 Å². The molecule has 6 heteroatoms. The Morgan fingerprint density at radius 2 is 1.71 bits per heavy atom. The van der Waals surface area contributed by atoms with E-state index in [0.29, 0.717) is 23.7 Å². The standard InChI is InChI=1S/C22H28N2O4/c1-15(20(25)24-22(2,3)4)23-21(26)17-11-12-18(19(13-17)27-5)28-14-16-9-7-6-8-10-16/h6-13,15H,14H2,1-5H3,(H,23,26)(H,24,25). The minimum absolute atomic E-state index is 0.240. The molecule has 2 aromatic rings. The molecule has 28 heavy (non-hydrogen) atoms. The van der Waals surface area contributed by atoms with Crippen LogP contribution in [0.2, 0.25) is 0 Å². The van der Waals surface area contributed by atoms with Crippen molar-refractivity contribution in [2.24, 2.45) is 0 Å². The fraction of sp³-hybridized carbons (Fsp3) is 0.364. The van der Waals surface area contributed by atoms with Crippen molar-refractivity contribution >= 4 is 11.8 Å². The monoisotopic (exact) mass is 384 g/mol. The van der Waals surface area contributed by atoms with E-state index in [-0.39, 0.29) is 17.4 Å². The third-order valence-corrected chi connectivity index (χ3v) is 3.90. The van der Waals surface area contributed by atoms with Gasteiger partial charge in [0, 0.05) is 11.1 Å². The van der Waals surface area contributed by atoms with Crippen molar-refractivity contribution in [1.29, 1.82) is 0 Å². The summed E-state index contributed by atoms with van der Waals surface area (Å²) >= 11 is 0. The molecule has 0 radical (unpaired) electrons. The first-order valence-corrected chi connectivity index (χ1v) is 9.17. The lowest BCUT2D eigenvalue weighted by Crippen LogP contribution is -2.50. The number of methoxy groups -OCH3 is 1. The molecule has 1 atom stereocenters. The molecule has 2 rings (SSSR count). The maximum absolute atomic E-state index is 12.5. The zero-order chi connectivity index (χ0) is 20.7. The van der Waals surface area contributed by atoms with Crippen LogP contribution >= 0.6 is 0 Å². The van der Waals surface area contributed by atoms with E-state index in [1.54, 1.807) is 25.1 Å². The maximum atomic E-state index is 12.5. The molecule has 0 aliphatic carbocycles. The summed E-state index contributed by atoms with van der Waals surface area (Å²) in [7, 11) is 1.52. The summed E-state index contributed by atoms with van der Waals surface area (Å²) in [4.78, 5) is 24.6. The summed E-state index contributed by atoms with van der Waals surface area (Å²) in [5, 5.41) is 5.54. The van der Waals surface area contributed by atoms with Crippen LogP contribution in [-0.2, 0) is 11.4 Å².